The third-order valence-electron chi connectivity index (χ3n) is 2.62. The summed E-state index contributed by atoms with van der Waals surface area (Å²) in [5, 5.41) is 0. The Balaban J connectivity index is 3.64. The molecular weight excluding hydrogens is 320 g/mol. The molecule has 0 aliphatic heterocycles. The molecule has 0 aliphatic rings. The highest BCUT2D eigenvalue weighted by Crippen LogP contribution is 1.94. The molecule has 0 saturated carbocycles. The Morgan fingerprint density at radius 2 is 1.05 bits per heavy atom. The summed E-state index contributed by atoms with van der Waals surface area (Å²) < 4.78 is 52.5. The molecule has 0 amide bonds. The molecule has 0 aromatic carbocycles. The number of rotatable bonds is 12. The maximum absolute atomic E-state index is 10.8. The normalized spacial score (nSPS) is 13.2. The molecule has 10 heteroatoms. The van der Waals surface area contributed by atoms with E-state index in [0.29, 0.717) is 13.1 Å². The van der Waals surface area contributed by atoms with Gasteiger partial charge in [0, 0.05) is 13.1 Å². The Kier molecular flexibility index (Phi) is 9.58. The van der Waals surface area contributed by atoms with Crippen molar-refractivity contribution < 1.29 is 25.2 Å². The van der Waals surface area contributed by atoms with E-state index in [1.807, 2.05) is 23.9 Å². The monoisotopic (exact) mass is 346 g/mol. The Hall–Kier alpha value is -0.260. The second-order valence-corrected chi connectivity index (χ2v) is 8.30. The number of hydrogen-bond donors (Lipinski definition) is 0. The van der Waals surface area contributed by atoms with Gasteiger partial charge >= 0.3 is 0 Å². The fraction of sp³-hybridized carbons (Fsp3) is 1.00. The lowest BCUT2D eigenvalue weighted by atomic mass is 10.3. The molecule has 128 valence electrons. The molecule has 0 heterocycles. The van der Waals surface area contributed by atoms with Crippen LogP contribution in [0, 0.1) is 0 Å². The summed E-state index contributed by atoms with van der Waals surface area (Å²) in [7, 11) is -2.97. The summed E-state index contributed by atoms with van der Waals surface area (Å²) in [5.74, 6) is 0. The predicted octanol–water partition coefficient (Wildman–Crippen LogP) is -0.807. The maximum atomic E-state index is 10.8. The van der Waals surface area contributed by atoms with Crippen molar-refractivity contribution >= 4 is 20.2 Å². The van der Waals surface area contributed by atoms with Gasteiger partial charge in [-0.25, -0.2) is 0 Å². The molecule has 21 heavy (non-hydrogen) atoms. The number of likely N-dealkylation sites (N-methyl/N-ethyl adjacent to an activating group) is 2. The van der Waals surface area contributed by atoms with Gasteiger partial charge in [-0.15, -0.1) is 0 Å². The average Bonchev–Trinajstić information content (AvgIpc) is 2.25. The van der Waals surface area contributed by atoms with Crippen LogP contribution in [-0.2, 0) is 28.6 Å². The first-order chi connectivity index (χ1) is 9.49. The van der Waals surface area contributed by atoms with Crippen LogP contribution in [-0.4, -0.2) is 92.6 Å². The zero-order valence-corrected chi connectivity index (χ0v) is 14.7. The summed E-state index contributed by atoms with van der Waals surface area (Å²) in [6, 6.07) is 0. The van der Waals surface area contributed by atoms with Gasteiger partial charge in [0.25, 0.3) is 20.2 Å². The van der Waals surface area contributed by atoms with E-state index in [0.717, 1.165) is 32.0 Å². The van der Waals surface area contributed by atoms with Gasteiger partial charge in [-0.3, -0.25) is 8.37 Å². The first kappa shape index (κ1) is 20.7. The van der Waals surface area contributed by atoms with Crippen molar-refractivity contribution in [3.8, 4) is 0 Å². The predicted molar refractivity (Wildman–Crippen MR) is 81.2 cm³/mol. The van der Waals surface area contributed by atoms with Gasteiger partial charge < -0.3 is 9.80 Å². The summed E-state index contributed by atoms with van der Waals surface area (Å²) in [4.78, 5) is 3.96. The van der Waals surface area contributed by atoms with E-state index in [-0.39, 0.29) is 13.2 Å². The average molecular weight is 346 g/mol. The van der Waals surface area contributed by atoms with Crippen LogP contribution in [0.3, 0.4) is 0 Å². The molecule has 0 atom stereocenters. The fourth-order valence-electron chi connectivity index (χ4n) is 1.52. The van der Waals surface area contributed by atoms with Crippen LogP contribution in [0.25, 0.3) is 0 Å². The Morgan fingerprint density at radius 1 is 0.714 bits per heavy atom. The Labute approximate surface area is 128 Å². The highest BCUT2D eigenvalue weighted by molar-refractivity contribution is 7.86. The van der Waals surface area contributed by atoms with Crippen LogP contribution in [0.5, 0.6) is 0 Å². The zero-order chi connectivity index (χ0) is 16.5. The first-order valence-electron chi connectivity index (χ1n) is 6.55. The smallest absolute Gasteiger partial charge is 0.264 e. The van der Waals surface area contributed by atoms with Gasteiger partial charge in [0.15, 0.2) is 0 Å². The second kappa shape index (κ2) is 9.70. The second-order valence-electron chi connectivity index (χ2n) is 5.01. The fourth-order valence-corrected chi connectivity index (χ4v) is 2.28. The number of nitrogens with zero attached hydrogens (tertiary/aromatic N) is 2. The maximum Gasteiger partial charge on any atom is 0.264 e. The van der Waals surface area contributed by atoms with Crippen molar-refractivity contribution in [2.45, 2.75) is 6.42 Å². The lowest BCUT2D eigenvalue weighted by Gasteiger charge is -2.19. The highest BCUT2D eigenvalue weighted by Gasteiger charge is 2.06. The van der Waals surface area contributed by atoms with E-state index in [2.05, 4.69) is 8.37 Å². The van der Waals surface area contributed by atoms with E-state index in [1.165, 1.54) is 0 Å². The highest BCUT2D eigenvalue weighted by atomic mass is 32.2. The van der Waals surface area contributed by atoms with Crippen molar-refractivity contribution in [3.63, 3.8) is 0 Å². The van der Waals surface area contributed by atoms with Crippen LogP contribution in [0.1, 0.15) is 6.42 Å². The van der Waals surface area contributed by atoms with Crippen LogP contribution >= 0.6 is 0 Å². The molecule has 0 fully saturated rings. The summed E-state index contributed by atoms with van der Waals surface area (Å²) in [6.07, 6.45) is 2.94. The minimum Gasteiger partial charge on any atom is -0.304 e. The number of hydrogen-bond acceptors (Lipinski definition) is 8. The topological polar surface area (TPSA) is 93.2 Å². The third-order valence-corrected chi connectivity index (χ3v) is 3.81. The van der Waals surface area contributed by atoms with Gasteiger partial charge in [-0.2, -0.15) is 16.8 Å². The van der Waals surface area contributed by atoms with Gasteiger partial charge in [0.05, 0.1) is 25.7 Å². The lowest BCUT2D eigenvalue weighted by molar-refractivity contribution is 0.215. The molecule has 0 rings (SSSR count). The third kappa shape index (κ3) is 15.9. The largest absolute Gasteiger partial charge is 0.304 e. The molecule has 0 aromatic rings. The molecule has 0 aromatic heterocycles. The minimum absolute atomic E-state index is 0.146. The summed E-state index contributed by atoms with van der Waals surface area (Å²) >= 11 is 0. The minimum atomic E-state index is -3.37. The van der Waals surface area contributed by atoms with E-state index in [9.17, 15) is 16.8 Å². The van der Waals surface area contributed by atoms with Crippen LogP contribution < -0.4 is 0 Å². The standard InChI is InChI=1S/C11H26N2O6S2/c1-12(8-10-18-20(3,14)15)6-5-7-13(2)9-11-19-21(4,16)17/h5-11H2,1-4H3. The van der Waals surface area contributed by atoms with Gasteiger partial charge in [-0.05, 0) is 33.6 Å². The molecule has 0 unspecified atom stereocenters. The van der Waals surface area contributed by atoms with Crippen molar-refractivity contribution in [1.82, 2.24) is 9.80 Å². The van der Waals surface area contributed by atoms with E-state index >= 15 is 0 Å². The lowest BCUT2D eigenvalue weighted by Crippen LogP contribution is -2.30. The van der Waals surface area contributed by atoms with E-state index in [4.69, 9.17) is 0 Å². The first-order valence-corrected chi connectivity index (χ1v) is 10.2. The van der Waals surface area contributed by atoms with Crippen LogP contribution in [0.2, 0.25) is 0 Å². The molecule has 0 saturated heterocycles. The summed E-state index contributed by atoms with van der Waals surface area (Å²) in [5.41, 5.74) is 0. The van der Waals surface area contributed by atoms with Crippen molar-refractivity contribution in [1.29, 1.82) is 0 Å². The van der Waals surface area contributed by atoms with Gasteiger partial charge in [0.2, 0.25) is 0 Å². The van der Waals surface area contributed by atoms with E-state index in [1.54, 1.807) is 0 Å². The molecule has 0 aliphatic carbocycles. The SMILES string of the molecule is CN(CCCN(C)CCOS(C)(=O)=O)CCOS(C)(=O)=O. The van der Waals surface area contributed by atoms with Crippen molar-refractivity contribution in [2.75, 3.05) is 66.0 Å². The molecule has 0 radical (unpaired) electrons. The van der Waals surface area contributed by atoms with Crippen molar-refractivity contribution in [2.24, 2.45) is 0 Å². The van der Waals surface area contributed by atoms with Gasteiger partial charge in [-0.1, -0.05) is 0 Å². The van der Waals surface area contributed by atoms with Crippen LogP contribution in [0.15, 0.2) is 0 Å². The molecule has 8 nitrogen and oxygen atoms in total. The summed E-state index contributed by atoms with van der Waals surface area (Å²) in [6.45, 7) is 2.96. The zero-order valence-electron chi connectivity index (χ0n) is 13.1. The van der Waals surface area contributed by atoms with E-state index < -0.39 is 20.2 Å². The van der Waals surface area contributed by atoms with Crippen molar-refractivity contribution in [3.05, 3.63) is 0 Å². The molecular formula is C11H26N2O6S2. The van der Waals surface area contributed by atoms with Gasteiger partial charge in [0.1, 0.15) is 0 Å². The molecule has 0 spiro atoms. The quantitative estimate of drug-likeness (QED) is 0.424. The Bertz CT molecular complexity index is 433. The van der Waals surface area contributed by atoms with Crippen LogP contribution in [0.4, 0.5) is 0 Å². The molecule has 0 N–H and O–H groups in total. The molecule has 0 bridgehead atoms. The Morgan fingerprint density at radius 3 is 1.33 bits per heavy atom.